The topological polar surface area (TPSA) is 98.5 Å². The fraction of sp³-hybridized carbons (Fsp3) is 0.320. The summed E-state index contributed by atoms with van der Waals surface area (Å²) in [6, 6.07) is 15.5. The lowest BCUT2D eigenvalue weighted by molar-refractivity contribution is -0.385. The molecule has 1 aliphatic rings. The van der Waals surface area contributed by atoms with Crippen LogP contribution in [0.15, 0.2) is 60.9 Å². The molecule has 1 saturated heterocycles. The minimum Gasteiger partial charge on any atom is -0.434 e. The van der Waals surface area contributed by atoms with E-state index in [9.17, 15) is 14.9 Å². The number of benzene rings is 2. The molecule has 0 spiro atoms. The van der Waals surface area contributed by atoms with Gasteiger partial charge in [0.2, 0.25) is 5.82 Å². The van der Waals surface area contributed by atoms with Gasteiger partial charge in [-0.15, -0.1) is 0 Å². The molecule has 0 N–H and O–H groups in total. The Balaban J connectivity index is 1.53. The number of nitrogens with zero attached hydrogens (tertiary/aromatic N) is 4. The van der Waals surface area contributed by atoms with Crippen LogP contribution in [0.2, 0.25) is 0 Å². The van der Waals surface area contributed by atoms with Crippen LogP contribution < -0.4 is 9.64 Å². The number of carbonyl (C=O) groups excluding carboxylic acids is 1. The van der Waals surface area contributed by atoms with Crippen molar-refractivity contribution in [2.24, 2.45) is 5.92 Å². The predicted molar refractivity (Wildman–Crippen MR) is 125 cm³/mol. The fourth-order valence-electron chi connectivity index (χ4n) is 4.20. The lowest BCUT2D eigenvalue weighted by Gasteiger charge is -2.32. The Bertz CT molecular complexity index is 1110. The molecule has 2 heterocycles. The van der Waals surface area contributed by atoms with Gasteiger partial charge in [-0.25, -0.2) is 4.98 Å². The summed E-state index contributed by atoms with van der Waals surface area (Å²) in [6.07, 6.45) is 5.59. The molecule has 1 fully saturated rings. The highest BCUT2D eigenvalue weighted by Gasteiger charge is 2.31. The second kappa shape index (κ2) is 10.2. The van der Waals surface area contributed by atoms with Crippen molar-refractivity contribution < 1.29 is 14.5 Å². The molecule has 2 aromatic carbocycles. The first-order valence-electron chi connectivity index (χ1n) is 11.2. The van der Waals surface area contributed by atoms with Crippen LogP contribution in [0.3, 0.4) is 0 Å². The first kappa shape index (κ1) is 22.4. The van der Waals surface area contributed by atoms with Gasteiger partial charge in [-0.1, -0.05) is 50.1 Å². The summed E-state index contributed by atoms with van der Waals surface area (Å²) in [5.74, 6) is 1.08. The van der Waals surface area contributed by atoms with Crippen LogP contribution >= 0.6 is 0 Å². The largest absolute Gasteiger partial charge is 0.434 e. The molecule has 0 aliphatic carbocycles. The maximum Gasteiger partial charge on any atom is 0.373 e. The third-order valence-corrected chi connectivity index (χ3v) is 5.93. The molecule has 170 valence electrons. The van der Waals surface area contributed by atoms with Gasteiger partial charge < -0.3 is 9.64 Å². The van der Waals surface area contributed by atoms with E-state index >= 15 is 0 Å². The number of hydrogen-bond acceptors (Lipinski definition) is 7. The molecular formula is C25H26N4O4. The molecule has 0 radical (unpaired) electrons. The van der Waals surface area contributed by atoms with Crippen molar-refractivity contribution in [3.05, 3.63) is 82.2 Å². The van der Waals surface area contributed by atoms with Crippen LogP contribution in [0.4, 0.5) is 11.5 Å². The Morgan fingerprint density at radius 2 is 1.73 bits per heavy atom. The summed E-state index contributed by atoms with van der Waals surface area (Å²) in [5, 5.41) is 11.9. The fourth-order valence-corrected chi connectivity index (χ4v) is 4.20. The monoisotopic (exact) mass is 446 g/mol. The van der Waals surface area contributed by atoms with Gasteiger partial charge in [0.15, 0.2) is 5.78 Å². The van der Waals surface area contributed by atoms with Crippen LogP contribution in [0.5, 0.6) is 11.6 Å². The van der Waals surface area contributed by atoms with E-state index in [-0.39, 0.29) is 23.2 Å². The number of nitro groups is 1. The summed E-state index contributed by atoms with van der Waals surface area (Å²) in [6.45, 7) is 3.62. The summed E-state index contributed by atoms with van der Waals surface area (Å²) < 4.78 is 5.77. The van der Waals surface area contributed by atoms with E-state index in [2.05, 4.69) is 16.9 Å². The molecule has 3 aromatic rings. The van der Waals surface area contributed by atoms with Crippen molar-refractivity contribution in [3.63, 3.8) is 0 Å². The molecule has 4 rings (SSSR count). The zero-order valence-electron chi connectivity index (χ0n) is 18.5. The minimum absolute atomic E-state index is 0.107. The predicted octanol–water partition coefficient (Wildman–Crippen LogP) is 5.42. The number of piperidine rings is 1. The number of carbonyl (C=O) groups is 1. The lowest BCUT2D eigenvalue weighted by Crippen LogP contribution is -2.34. The number of aromatic nitrogens is 2. The Kier molecular flexibility index (Phi) is 6.92. The third-order valence-electron chi connectivity index (χ3n) is 5.93. The highest BCUT2D eigenvalue weighted by atomic mass is 16.6. The Hall–Kier alpha value is -3.81. The van der Waals surface area contributed by atoms with E-state index in [0.29, 0.717) is 22.8 Å². The molecule has 0 bridgehead atoms. The third kappa shape index (κ3) is 5.16. The molecular weight excluding hydrogens is 420 g/mol. The number of anilines is 1. The summed E-state index contributed by atoms with van der Waals surface area (Å²) in [4.78, 5) is 34.2. The molecule has 8 heteroatoms. The van der Waals surface area contributed by atoms with Gasteiger partial charge in [0, 0.05) is 24.2 Å². The second-order valence-corrected chi connectivity index (χ2v) is 8.15. The average molecular weight is 447 g/mol. The zero-order valence-corrected chi connectivity index (χ0v) is 18.5. The molecule has 0 atom stereocenters. The van der Waals surface area contributed by atoms with E-state index in [1.807, 2.05) is 23.1 Å². The standard InChI is InChI=1S/C25H26N4O4/c1-2-6-18-13-15-28(16-14-18)24-22(29(31)32)25(27-17-26-24)33-21-11-9-20(10-12-21)23(30)19-7-4-3-5-8-19/h3-5,7-12,17-18H,2,6,13-16H2,1H3. The number of ketones is 1. The van der Waals surface area contributed by atoms with E-state index < -0.39 is 4.92 Å². The Labute approximate surface area is 192 Å². The van der Waals surface area contributed by atoms with Gasteiger partial charge in [-0.05, 0) is 43.0 Å². The SMILES string of the molecule is CCCC1CCN(c2ncnc(Oc3ccc(C(=O)c4ccccc4)cc3)c2[N+](=O)[O-])CC1. The average Bonchev–Trinajstić information content (AvgIpc) is 2.85. The van der Waals surface area contributed by atoms with Crippen LogP contribution in [0.25, 0.3) is 0 Å². The van der Waals surface area contributed by atoms with Crippen molar-refractivity contribution in [2.75, 3.05) is 18.0 Å². The van der Waals surface area contributed by atoms with Gasteiger partial charge in [-0.3, -0.25) is 14.9 Å². The first-order chi connectivity index (χ1) is 16.1. The van der Waals surface area contributed by atoms with Gasteiger partial charge in [0.05, 0.1) is 4.92 Å². The molecule has 0 unspecified atom stereocenters. The molecule has 1 aliphatic heterocycles. The highest BCUT2D eigenvalue weighted by molar-refractivity contribution is 6.08. The molecule has 33 heavy (non-hydrogen) atoms. The van der Waals surface area contributed by atoms with Gasteiger partial charge >= 0.3 is 11.6 Å². The van der Waals surface area contributed by atoms with Crippen LogP contribution in [0.1, 0.15) is 48.5 Å². The highest BCUT2D eigenvalue weighted by Crippen LogP contribution is 2.37. The zero-order chi connectivity index (χ0) is 23.2. The minimum atomic E-state index is -0.490. The van der Waals surface area contributed by atoms with Gasteiger partial charge in [0.25, 0.3) is 0 Å². The van der Waals surface area contributed by atoms with Crippen LogP contribution in [-0.2, 0) is 0 Å². The van der Waals surface area contributed by atoms with E-state index in [1.165, 1.54) is 12.7 Å². The Morgan fingerprint density at radius 3 is 2.36 bits per heavy atom. The summed E-state index contributed by atoms with van der Waals surface area (Å²) >= 11 is 0. The maximum atomic E-state index is 12.6. The van der Waals surface area contributed by atoms with Crippen molar-refractivity contribution in [1.82, 2.24) is 9.97 Å². The molecule has 1 aromatic heterocycles. The smallest absolute Gasteiger partial charge is 0.373 e. The lowest BCUT2D eigenvalue weighted by atomic mass is 9.92. The normalized spacial score (nSPS) is 14.2. The second-order valence-electron chi connectivity index (χ2n) is 8.15. The molecule has 0 amide bonds. The first-order valence-corrected chi connectivity index (χ1v) is 11.2. The molecule has 0 saturated carbocycles. The van der Waals surface area contributed by atoms with Gasteiger partial charge in [-0.2, -0.15) is 4.98 Å². The van der Waals surface area contributed by atoms with Crippen LogP contribution in [0, 0.1) is 16.0 Å². The van der Waals surface area contributed by atoms with E-state index in [1.54, 1.807) is 36.4 Å². The number of ether oxygens (including phenoxy) is 1. The maximum absolute atomic E-state index is 12.6. The quantitative estimate of drug-likeness (QED) is 0.259. The summed E-state index contributed by atoms with van der Waals surface area (Å²) in [5.41, 5.74) is 0.849. The van der Waals surface area contributed by atoms with Crippen molar-refractivity contribution in [1.29, 1.82) is 0 Å². The van der Waals surface area contributed by atoms with Crippen molar-refractivity contribution in [2.45, 2.75) is 32.6 Å². The van der Waals surface area contributed by atoms with Gasteiger partial charge in [0.1, 0.15) is 12.1 Å². The Morgan fingerprint density at radius 1 is 1.06 bits per heavy atom. The number of rotatable bonds is 8. The van der Waals surface area contributed by atoms with E-state index in [4.69, 9.17) is 4.74 Å². The van der Waals surface area contributed by atoms with Crippen molar-refractivity contribution in [3.8, 4) is 11.6 Å². The summed E-state index contributed by atoms with van der Waals surface area (Å²) in [7, 11) is 0. The van der Waals surface area contributed by atoms with Crippen molar-refractivity contribution >= 4 is 17.3 Å². The van der Waals surface area contributed by atoms with E-state index in [0.717, 1.165) is 32.4 Å². The van der Waals surface area contributed by atoms with Crippen LogP contribution in [-0.4, -0.2) is 33.8 Å². The number of hydrogen-bond donors (Lipinski definition) is 0. The molecule has 8 nitrogen and oxygen atoms in total.